The van der Waals surface area contributed by atoms with Gasteiger partial charge < -0.3 is 4.90 Å². The maximum atomic E-state index is 6.04. The predicted octanol–water partition coefficient (Wildman–Crippen LogP) is 1.34. The van der Waals surface area contributed by atoms with E-state index in [9.17, 15) is 0 Å². The van der Waals surface area contributed by atoms with Crippen LogP contribution in [-0.2, 0) is 0 Å². The molecule has 4 rings (SSSR count). The molecule has 1 aliphatic heterocycles. The van der Waals surface area contributed by atoms with Gasteiger partial charge in [0, 0.05) is 19.3 Å². The molecule has 0 unspecified atom stereocenters. The Morgan fingerprint density at radius 2 is 2.10 bits per heavy atom. The maximum absolute atomic E-state index is 6.04. The van der Waals surface area contributed by atoms with Crippen molar-refractivity contribution in [2.24, 2.45) is 0 Å². The highest BCUT2D eigenvalue weighted by Gasteiger charge is 2.23. The third kappa shape index (κ3) is 2.00. The van der Waals surface area contributed by atoms with Gasteiger partial charge in [-0.25, -0.2) is 19.5 Å². The number of nitrogens with zero attached hydrogens (tertiary/aromatic N) is 7. The number of likely N-dealkylation sites (N-methyl/N-ethyl adjacent to an activating group) is 1. The third-order valence-corrected chi connectivity index (χ3v) is 3.84. The third-order valence-electron chi connectivity index (χ3n) is 3.63. The van der Waals surface area contributed by atoms with Crippen molar-refractivity contribution in [2.75, 3.05) is 31.7 Å². The van der Waals surface area contributed by atoms with Gasteiger partial charge >= 0.3 is 0 Å². The Morgan fingerprint density at radius 1 is 1.24 bits per heavy atom. The molecule has 0 atom stereocenters. The van der Waals surface area contributed by atoms with Gasteiger partial charge in [0.15, 0.2) is 17.1 Å². The standard InChI is InChI=1S/C13H14ClN7/c1-8-16-13-12(20-4-3-19(2)7-20)17-11-10(21(13)18-8)5-9(14)6-15-11/h5-6H,3-4,7H2,1-2H3. The summed E-state index contributed by atoms with van der Waals surface area (Å²) in [7, 11) is 2.09. The Morgan fingerprint density at radius 3 is 2.86 bits per heavy atom. The van der Waals surface area contributed by atoms with Crippen molar-refractivity contribution in [1.29, 1.82) is 0 Å². The summed E-state index contributed by atoms with van der Waals surface area (Å²) >= 11 is 6.04. The molecule has 7 nitrogen and oxygen atoms in total. The van der Waals surface area contributed by atoms with Gasteiger partial charge in [0.2, 0.25) is 0 Å². The van der Waals surface area contributed by atoms with Crippen LogP contribution in [0.25, 0.3) is 16.8 Å². The summed E-state index contributed by atoms with van der Waals surface area (Å²) in [6.07, 6.45) is 1.60. The fourth-order valence-electron chi connectivity index (χ4n) is 2.65. The zero-order valence-electron chi connectivity index (χ0n) is 11.8. The van der Waals surface area contributed by atoms with E-state index in [0.717, 1.165) is 36.7 Å². The average molecular weight is 304 g/mol. The summed E-state index contributed by atoms with van der Waals surface area (Å²) in [6.45, 7) is 4.63. The summed E-state index contributed by atoms with van der Waals surface area (Å²) in [4.78, 5) is 18.0. The first-order valence-electron chi connectivity index (χ1n) is 6.74. The van der Waals surface area contributed by atoms with Crippen LogP contribution in [0.5, 0.6) is 0 Å². The maximum Gasteiger partial charge on any atom is 0.199 e. The van der Waals surface area contributed by atoms with E-state index in [0.29, 0.717) is 16.5 Å². The second-order valence-electron chi connectivity index (χ2n) is 5.31. The molecule has 108 valence electrons. The van der Waals surface area contributed by atoms with Crippen LogP contribution in [0, 0.1) is 6.92 Å². The quantitative estimate of drug-likeness (QED) is 0.676. The van der Waals surface area contributed by atoms with Crippen LogP contribution < -0.4 is 4.90 Å². The van der Waals surface area contributed by atoms with Gasteiger partial charge in [-0.05, 0) is 20.0 Å². The second-order valence-corrected chi connectivity index (χ2v) is 5.75. The second kappa shape index (κ2) is 4.51. The molecule has 3 aromatic heterocycles. The lowest BCUT2D eigenvalue weighted by atomic mass is 10.4. The van der Waals surface area contributed by atoms with Crippen molar-refractivity contribution in [3.05, 3.63) is 23.1 Å². The van der Waals surface area contributed by atoms with E-state index in [4.69, 9.17) is 11.6 Å². The van der Waals surface area contributed by atoms with Crippen molar-refractivity contribution in [3.8, 4) is 0 Å². The summed E-state index contributed by atoms with van der Waals surface area (Å²) < 4.78 is 1.78. The van der Waals surface area contributed by atoms with Gasteiger partial charge in [0.25, 0.3) is 0 Å². The molecule has 3 aromatic rings. The number of hydrogen-bond donors (Lipinski definition) is 0. The van der Waals surface area contributed by atoms with Crippen molar-refractivity contribution < 1.29 is 0 Å². The largest absolute Gasteiger partial charge is 0.339 e. The lowest BCUT2D eigenvalue weighted by molar-refractivity contribution is 0.420. The van der Waals surface area contributed by atoms with E-state index < -0.39 is 0 Å². The van der Waals surface area contributed by atoms with Crippen LogP contribution in [0.4, 0.5) is 5.82 Å². The summed E-state index contributed by atoms with van der Waals surface area (Å²) in [6, 6.07) is 1.82. The highest BCUT2D eigenvalue weighted by Crippen LogP contribution is 2.25. The molecule has 0 spiro atoms. The molecule has 0 amide bonds. The van der Waals surface area contributed by atoms with Gasteiger partial charge in [0.05, 0.1) is 11.7 Å². The van der Waals surface area contributed by atoms with Crippen molar-refractivity contribution in [3.63, 3.8) is 0 Å². The Labute approximate surface area is 126 Å². The molecular formula is C13H14ClN7. The first kappa shape index (κ1) is 12.7. The molecule has 1 fully saturated rings. The Bertz CT molecular complexity index is 843. The smallest absolute Gasteiger partial charge is 0.199 e. The number of aromatic nitrogens is 5. The first-order valence-corrected chi connectivity index (χ1v) is 7.12. The van der Waals surface area contributed by atoms with Crippen LogP contribution in [0.3, 0.4) is 0 Å². The fraction of sp³-hybridized carbons (Fsp3) is 0.385. The monoisotopic (exact) mass is 303 g/mol. The topological polar surface area (TPSA) is 62.5 Å². The molecule has 0 bridgehead atoms. The van der Waals surface area contributed by atoms with E-state index in [2.05, 4.69) is 36.9 Å². The highest BCUT2D eigenvalue weighted by atomic mass is 35.5. The van der Waals surface area contributed by atoms with E-state index >= 15 is 0 Å². The molecule has 0 aliphatic carbocycles. The lowest BCUT2D eigenvalue weighted by Gasteiger charge is -2.17. The molecule has 0 N–H and O–H groups in total. The Balaban J connectivity index is 2.02. The normalized spacial score (nSPS) is 16.4. The fourth-order valence-corrected chi connectivity index (χ4v) is 2.80. The SMILES string of the molecule is Cc1nc2c(N3CCN(C)C3)nc3ncc(Cl)cc3n2n1. The number of hydrogen-bond acceptors (Lipinski definition) is 6. The molecule has 0 saturated carbocycles. The van der Waals surface area contributed by atoms with Crippen molar-refractivity contribution in [2.45, 2.75) is 6.92 Å². The van der Waals surface area contributed by atoms with Crippen LogP contribution in [0.1, 0.15) is 5.82 Å². The van der Waals surface area contributed by atoms with E-state index in [1.807, 2.05) is 13.0 Å². The van der Waals surface area contributed by atoms with Crippen LogP contribution in [-0.4, -0.2) is 56.3 Å². The molecule has 8 heteroatoms. The number of aryl methyl sites for hydroxylation is 1. The van der Waals surface area contributed by atoms with Gasteiger partial charge in [-0.2, -0.15) is 5.10 Å². The van der Waals surface area contributed by atoms with E-state index in [1.54, 1.807) is 10.7 Å². The molecule has 1 aliphatic rings. The molecule has 0 aromatic carbocycles. The average Bonchev–Trinajstić information content (AvgIpc) is 3.04. The summed E-state index contributed by atoms with van der Waals surface area (Å²) in [5.74, 6) is 1.53. The van der Waals surface area contributed by atoms with Crippen molar-refractivity contribution >= 4 is 34.2 Å². The van der Waals surface area contributed by atoms with Crippen molar-refractivity contribution in [1.82, 2.24) is 29.5 Å². The van der Waals surface area contributed by atoms with Crippen LogP contribution >= 0.6 is 11.6 Å². The number of halogens is 1. The molecular weight excluding hydrogens is 290 g/mol. The Hall–Kier alpha value is -1.99. The minimum Gasteiger partial charge on any atom is -0.339 e. The minimum atomic E-state index is 0.562. The van der Waals surface area contributed by atoms with E-state index in [1.165, 1.54) is 0 Å². The number of anilines is 1. The van der Waals surface area contributed by atoms with Gasteiger partial charge in [-0.15, -0.1) is 0 Å². The zero-order valence-corrected chi connectivity index (χ0v) is 12.5. The number of fused-ring (bicyclic) bond motifs is 3. The Kier molecular flexibility index (Phi) is 2.73. The summed E-state index contributed by atoms with van der Waals surface area (Å²) in [5.41, 5.74) is 2.15. The number of rotatable bonds is 1. The molecule has 21 heavy (non-hydrogen) atoms. The van der Waals surface area contributed by atoms with Gasteiger partial charge in [-0.3, -0.25) is 4.90 Å². The number of pyridine rings is 1. The van der Waals surface area contributed by atoms with Crippen LogP contribution in [0.15, 0.2) is 12.3 Å². The lowest BCUT2D eigenvalue weighted by Crippen LogP contribution is -2.24. The zero-order chi connectivity index (χ0) is 14.6. The molecule has 4 heterocycles. The minimum absolute atomic E-state index is 0.562. The molecule has 0 radical (unpaired) electrons. The predicted molar refractivity (Wildman–Crippen MR) is 80.7 cm³/mol. The highest BCUT2D eigenvalue weighted by molar-refractivity contribution is 6.31. The van der Waals surface area contributed by atoms with Gasteiger partial charge in [-0.1, -0.05) is 11.6 Å². The van der Waals surface area contributed by atoms with E-state index in [-0.39, 0.29) is 0 Å². The summed E-state index contributed by atoms with van der Waals surface area (Å²) in [5, 5.41) is 5.02. The van der Waals surface area contributed by atoms with Gasteiger partial charge in [0.1, 0.15) is 11.3 Å². The molecule has 1 saturated heterocycles. The van der Waals surface area contributed by atoms with Crippen LogP contribution in [0.2, 0.25) is 5.02 Å². The first-order chi connectivity index (χ1) is 10.1.